The summed E-state index contributed by atoms with van der Waals surface area (Å²) in [4.78, 5) is 12.6. The van der Waals surface area contributed by atoms with Crippen LogP contribution in [0.3, 0.4) is 0 Å². The van der Waals surface area contributed by atoms with E-state index in [-0.39, 0.29) is 11.7 Å². The van der Waals surface area contributed by atoms with Crippen LogP contribution in [0.4, 0.5) is 5.69 Å². The number of aromatic nitrogens is 3. The molecule has 0 aliphatic carbocycles. The zero-order valence-electron chi connectivity index (χ0n) is 18.1. The van der Waals surface area contributed by atoms with Gasteiger partial charge in [0.2, 0.25) is 5.91 Å². The molecular formula is C25H23ClN4OS. The summed E-state index contributed by atoms with van der Waals surface area (Å²) in [6.45, 7) is 5.99. The van der Waals surface area contributed by atoms with Crippen molar-refractivity contribution in [2.24, 2.45) is 0 Å². The first-order chi connectivity index (χ1) is 15.4. The van der Waals surface area contributed by atoms with Crippen LogP contribution in [0.5, 0.6) is 0 Å². The van der Waals surface area contributed by atoms with Crippen molar-refractivity contribution in [1.29, 1.82) is 0 Å². The van der Waals surface area contributed by atoms with Crippen LogP contribution in [-0.2, 0) is 4.79 Å². The zero-order valence-corrected chi connectivity index (χ0v) is 19.7. The van der Waals surface area contributed by atoms with E-state index in [9.17, 15) is 4.79 Å². The van der Waals surface area contributed by atoms with Crippen LogP contribution in [0.1, 0.15) is 16.7 Å². The Bertz CT molecular complexity index is 1250. The van der Waals surface area contributed by atoms with Gasteiger partial charge in [-0.15, -0.1) is 10.2 Å². The zero-order chi connectivity index (χ0) is 22.7. The minimum absolute atomic E-state index is 0.0949. The number of aryl methyl sites for hydroxylation is 3. The molecule has 162 valence electrons. The molecule has 7 heteroatoms. The number of anilines is 1. The highest BCUT2D eigenvalue weighted by Gasteiger charge is 2.18. The van der Waals surface area contributed by atoms with Crippen LogP contribution in [0.25, 0.3) is 17.1 Å². The van der Waals surface area contributed by atoms with E-state index in [0.29, 0.717) is 16.0 Å². The van der Waals surface area contributed by atoms with Gasteiger partial charge in [-0.2, -0.15) is 0 Å². The third kappa shape index (κ3) is 5.03. The molecule has 5 nitrogen and oxygen atoms in total. The van der Waals surface area contributed by atoms with Gasteiger partial charge in [-0.3, -0.25) is 9.36 Å². The normalized spacial score (nSPS) is 10.9. The van der Waals surface area contributed by atoms with Gasteiger partial charge in [-0.25, -0.2) is 0 Å². The molecule has 0 bridgehead atoms. The fraction of sp³-hybridized carbons (Fsp3) is 0.160. The second-order valence-electron chi connectivity index (χ2n) is 7.65. The van der Waals surface area contributed by atoms with E-state index in [2.05, 4.69) is 21.6 Å². The van der Waals surface area contributed by atoms with Crippen molar-refractivity contribution >= 4 is 35.0 Å². The highest BCUT2D eigenvalue weighted by atomic mass is 35.5. The highest BCUT2D eigenvalue weighted by molar-refractivity contribution is 7.99. The summed E-state index contributed by atoms with van der Waals surface area (Å²) in [6, 6.07) is 21.7. The molecule has 4 aromatic rings. The molecule has 3 aromatic carbocycles. The number of carbonyl (C=O) groups is 1. The lowest BCUT2D eigenvalue weighted by Gasteiger charge is -2.11. The van der Waals surface area contributed by atoms with Gasteiger partial charge in [0.1, 0.15) is 0 Å². The number of carbonyl (C=O) groups excluding carboxylic acids is 1. The molecule has 0 saturated carbocycles. The fourth-order valence-electron chi connectivity index (χ4n) is 3.47. The minimum Gasteiger partial charge on any atom is -0.325 e. The van der Waals surface area contributed by atoms with Gasteiger partial charge in [0, 0.05) is 22.0 Å². The van der Waals surface area contributed by atoms with Crippen LogP contribution in [0, 0.1) is 20.8 Å². The van der Waals surface area contributed by atoms with E-state index in [0.717, 1.165) is 33.6 Å². The summed E-state index contributed by atoms with van der Waals surface area (Å²) >= 11 is 7.70. The second kappa shape index (κ2) is 9.59. The Morgan fingerprint density at radius 2 is 1.69 bits per heavy atom. The molecule has 0 radical (unpaired) electrons. The van der Waals surface area contributed by atoms with E-state index in [1.54, 1.807) is 0 Å². The van der Waals surface area contributed by atoms with E-state index < -0.39 is 0 Å². The topological polar surface area (TPSA) is 59.8 Å². The molecule has 1 N–H and O–H groups in total. The maximum absolute atomic E-state index is 12.6. The summed E-state index contributed by atoms with van der Waals surface area (Å²) < 4.78 is 1.95. The molecule has 0 unspecified atom stereocenters. The van der Waals surface area contributed by atoms with Gasteiger partial charge in [-0.1, -0.05) is 59.8 Å². The maximum Gasteiger partial charge on any atom is 0.234 e. The quantitative estimate of drug-likeness (QED) is 0.344. The third-order valence-corrected chi connectivity index (χ3v) is 6.25. The van der Waals surface area contributed by atoms with E-state index in [1.165, 1.54) is 11.8 Å². The summed E-state index contributed by atoms with van der Waals surface area (Å²) in [7, 11) is 0. The van der Waals surface area contributed by atoms with Crippen molar-refractivity contribution in [2.75, 3.05) is 11.1 Å². The van der Waals surface area contributed by atoms with Gasteiger partial charge < -0.3 is 5.32 Å². The Morgan fingerprint density at radius 3 is 2.38 bits per heavy atom. The number of para-hydroxylation sites is 1. The van der Waals surface area contributed by atoms with Gasteiger partial charge in [0.25, 0.3) is 0 Å². The largest absolute Gasteiger partial charge is 0.325 e. The lowest BCUT2D eigenvalue weighted by Crippen LogP contribution is -2.14. The van der Waals surface area contributed by atoms with Gasteiger partial charge >= 0.3 is 0 Å². The summed E-state index contributed by atoms with van der Waals surface area (Å²) in [5.74, 6) is 0.796. The third-order valence-electron chi connectivity index (χ3n) is 4.92. The Balaban J connectivity index is 1.60. The number of benzene rings is 3. The molecule has 0 atom stereocenters. The van der Waals surface area contributed by atoms with Crippen LogP contribution in [-0.4, -0.2) is 26.4 Å². The number of thioether (sulfide) groups is 1. The average molecular weight is 463 g/mol. The number of nitrogens with zero attached hydrogens (tertiary/aromatic N) is 3. The van der Waals surface area contributed by atoms with Gasteiger partial charge in [0.15, 0.2) is 11.0 Å². The van der Waals surface area contributed by atoms with Gasteiger partial charge in [0.05, 0.1) is 5.75 Å². The standard InChI is InChI=1S/C25H23ClN4OS/c1-16-11-17(2)13-20(12-16)27-23(31)15-32-25-29-28-24(19-10-9-18(3)22(26)14-19)30(25)21-7-5-4-6-8-21/h4-14H,15H2,1-3H3,(H,27,31). The molecule has 32 heavy (non-hydrogen) atoms. The molecule has 1 amide bonds. The SMILES string of the molecule is Cc1cc(C)cc(NC(=O)CSc2nnc(-c3ccc(C)c(Cl)c3)n2-c2ccccc2)c1. The minimum atomic E-state index is -0.0949. The van der Waals surface area contributed by atoms with Gasteiger partial charge in [-0.05, 0) is 67.8 Å². The fourth-order valence-corrected chi connectivity index (χ4v) is 4.40. The predicted molar refractivity (Wildman–Crippen MR) is 132 cm³/mol. The summed E-state index contributed by atoms with van der Waals surface area (Å²) in [5, 5.41) is 13.1. The second-order valence-corrected chi connectivity index (χ2v) is 9.00. The van der Waals surface area contributed by atoms with Crippen molar-refractivity contribution in [3.8, 4) is 17.1 Å². The molecule has 0 spiro atoms. The molecular weight excluding hydrogens is 440 g/mol. The number of nitrogens with one attached hydrogen (secondary N) is 1. The number of amides is 1. The van der Waals surface area contributed by atoms with Crippen molar-refractivity contribution in [2.45, 2.75) is 25.9 Å². The molecule has 4 rings (SSSR count). The Labute approximate surface area is 196 Å². The lowest BCUT2D eigenvalue weighted by atomic mass is 10.1. The number of hydrogen-bond acceptors (Lipinski definition) is 4. The average Bonchev–Trinajstić information content (AvgIpc) is 3.18. The Hall–Kier alpha value is -3.09. The number of hydrogen-bond donors (Lipinski definition) is 1. The summed E-state index contributed by atoms with van der Waals surface area (Å²) in [5.41, 5.74) is 5.80. The first kappa shape index (κ1) is 22.1. The molecule has 0 aliphatic rings. The van der Waals surface area contributed by atoms with Crippen LogP contribution in [0.2, 0.25) is 5.02 Å². The Morgan fingerprint density at radius 1 is 0.969 bits per heavy atom. The highest BCUT2D eigenvalue weighted by Crippen LogP contribution is 2.30. The van der Waals surface area contributed by atoms with Crippen LogP contribution in [0.15, 0.2) is 71.9 Å². The van der Waals surface area contributed by atoms with Crippen molar-refractivity contribution < 1.29 is 4.79 Å². The van der Waals surface area contributed by atoms with Crippen LogP contribution < -0.4 is 5.32 Å². The Kier molecular flexibility index (Phi) is 6.63. The number of halogens is 1. The monoisotopic (exact) mass is 462 g/mol. The molecule has 1 aromatic heterocycles. The van der Waals surface area contributed by atoms with E-state index >= 15 is 0 Å². The smallest absolute Gasteiger partial charge is 0.234 e. The molecule has 0 fully saturated rings. The van der Waals surface area contributed by atoms with Crippen LogP contribution >= 0.6 is 23.4 Å². The maximum atomic E-state index is 12.6. The predicted octanol–water partition coefficient (Wildman–Crippen LogP) is 6.24. The number of rotatable bonds is 6. The van der Waals surface area contributed by atoms with Crippen molar-refractivity contribution in [3.05, 3.63) is 88.4 Å². The van der Waals surface area contributed by atoms with E-state index in [4.69, 9.17) is 11.6 Å². The van der Waals surface area contributed by atoms with E-state index in [1.807, 2.05) is 86.0 Å². The molecule has 0 saturated heterocycles. The lowest BCUT2D eigenvalue weighted by molar-refractivity contribution is -0.113. The summed E-state index contributed by atoms with van der Waals surface area (Å²) in [6.07, 6.45) is 0. The van der Waals surface area contributed by atoms with Crippen molar-refractivity contribution in [1.82, 2.24) is 14.8 Å². The first-order valence-electron chi connectivity index (χ1n) is 10.2. The molecule has 1 heterocycles. The van der Waals surface area contributed by atoms with Crippen molar-refractivity contribution in [3.63, 3.8) is 0 Å². The molecule has 0 aliphatic heterocycles. The first-order valence-corrected chi connectivity index (χ1v) is 11.6.